The summed E-state index contributed by atoms with van der Waals surface area (Å²) in [6, 6.07) is 16.7. The molecule has 0 fully saturated rings. The Kier molecular flexibility index (Phi) is 24.9. The molecule has 0 bridgehead atoms. The van der Waals surface area contributed by atoms with Gasteiger partial charge in [-0.25, -0.2) is 17.9 Å². The molecule has 0 aromatic heterocycles. The van der Waals surface area contributed by atoms with Crippen LogP contribution in [0.3, 0.4) is 0 Å². The third-order valence-electron chi connectivity index (χ3n) is 13.8. The van der Waals surface area contributed by atoms with Gasteiger partial charge in [0.15, 0.2) is 0 Å². The zero-order chi connectivity index (χ0) is 52.9. The maximum absolute atomic E-state index is 13.5. The van der Waals surface area contributed by atoms with E-state index >= 15 is 0 Å². The number of benzene rings is 2. The van der Waals surface area contributed by atoms with Crippen LogP contribution in [-0.4, -0.2) is 132 Å². The molecule has 16 nitrogen and oxygen atoms in total. The Hall–Kier alpha value is -4.65. The van der Waals surface area contributed by atoms with Crippen molar-refractivity contribution in [1.29, 1.82) is 0 Å². The van der Waals surface area contributed by atoms with Gasteiger partial charge in [-0.1, -0.05) is 112 Å². The summed E-state index contributed by atoms with van der Waals surface area (Å²) in [6.45, 7) is 25.9. The second-order valence-corrected chi connectivity index (χ2v) is 23.2. The third kappa shape index (κ3) is 20.4. The normalized spacial score (nSPS) is 15.9. The Labute approximate surface area is 427 Å². The molecule has 9 N–H and O–H groups in total. The Balaban J connectivity index is 1.58. The van der Waals surface area contributed by atoms with Crippen molar-refractivity contribution in [1.82, 2.24) is 41.1 Å². The number of anilines is 1. The number of hydrogen-bond acceptors (Lipinski definition) is 12. The fourth-order valence-electron chi connectivity index (χ4n) is 8.98. The minimum absolute atomic E-state index is 0.0168. The van der Waals surface area contributed by atoms with Gasteiger partial charge in [-0.2, -0.15) is 0 Å². The summed E-state index contributed by atoms with van der Waals surface area (Å²) >= 11 is 0. The number of hydrogen-bond donors (Lipinski definition) is 8. The van der Waals surface area contributed by atoms with E-state index in [1.54, 1.807) is 19.1 Å². The summed E-state index contributed by atoms with van der Waals surface area (Å²) in [7, 11) is 0.0116. The summed E-state index contributed by atoms with van der Waals surface area (Å²) in [5, 5.41) is 20.8. The van der Waals surface area contributed by atoms with Gasteiger partial charge in [0.1, 0.15) is 0 Å². The summed E-state index contributed by atoms with van der Waals surface area (Å²) in [4.78, 5) is 52.1. The predicted octanol–water partition coefficient (Wildman–Crippen LogP) is 5.88. The van der Waals surface area contributed by atoms with Crippen molar-refractivity contribution in [3.05, 3.63) is 84.0 Å². The van der Waals surface area contributed by atoms with Crippen molar-refractivity contribution in [2.45, 2.75) is 148 Å². The highest BCUT2D eigenvalue weighted by Crippen LogP contribution is 2.30. The number of carbonyl (C=O) groups excluding carboxylic acids is 4. The van der Waals surface area contributed by atoms with Gasteiger partial charge < -0.3 is 42.5 Å². The number of nitrogens with two attached hydrogens (primary N) is 1. The van der Waals surface area contributed by atoms with Crippen LogP contribution in [-0.2, 0) is 29.8 Å². The number of sulfonamides is 1. The highest BCUT2D eigenvalue weighted by atomic mass is 32.2. The smallest absolute Gasteiger partial charge is 0.312 e. The van der Waals surface area contributed by atoms with Gasteiger partial charge in [0.25, 0.3) is 27.7 Å². The molecule has 1 aliphatic heterocycles. The van der Waals surface area contributed by atoms with Crippen molar-refractivity contribution < 1.29 is 27.6 Å². The molecule has 0 radical (unpaired) electrons. The Morgan fingerprint density at radius 2 is 1.42 bits per heavy atom. The van der Waals surface area contributed by atoms with Crippen LogP contribution in [0.4, 0.5) is 10.5 Å². The Morgan fingerprint density at radius 1 is 0.789 bits per heavy atom. The lowest BCUT2D eigenvalue weighted by Crippen LogP contribution is -2.56. The lowest BCUT2D eigenvalue weighted by atomic mass is 9.77. The number of urea groups is 1. The molecule has 0 unspecified atom stereocenters. The van der Waals surface area contributed by atoms with E-state index in [4.69, 9.17) is 5.73 Å². The van der Waals surface area contributed by atoms with E-state index in [0.29, 0.717) is 56.3 Å². The first kappa shape index (κ1) is 60.7. The molecule has 0 spiro atoms. The SMILES string of the molecule is CN[C@H](CN(C)[C@H](CN[C@H](/C=C(\C)C(=O)NS(=O)(=O)c1ccc(NC[C@H](CCCNC(N)=O)NC[C@@H](NCCCCCCN2C(=O)C=CC2=O)C(C)C)cc1)C(C)C)C(C)(C)C)C(C)(C)c1ccccc1. The average molecular weight is 1010 g/mol. The number of nitrogens with one attached hydrogen (secondary N) is 7. The first-order valence-corrected chi connectivity index (χ1v) is 27.1. The first-order valence-electron chi connectivity index (χ1n) is 25.7. The van der Waals surface area contributed by atoms with Gasteiger partial charge in [0.05, 0.1) is 4.90 Å². The molecule has 71 heavy (non-hydrogen) atoms. The van der Waals surface area contributed by atoms with Crippen molar-refractivity contribution >= 4 is 39.5 Å². The van der Waals surface area contributed by atoms with E-state index in [2.05, 4.69) is 135 Å². The zero-order valence-corrected chi connectivity index (χ0v) is 45.8. The number of primary amides is 1. The molecule has 5 atom stereocenters. The summed E-state index contributed by atoms with van der Waals surface area (Å²) < 4.78 is 29.4. The lowest BCUT2D eigenvalue weighted by Gasteiger charge is -2.44. The van der Waals surface area contributed by atoms with Crippen molar-refractivity contribution in [3.8, 4) is 0 Å². The van der Waals surface area contributed by atoms with Gasteiger partial charge in [0, 0.05) is 98.3 Å². The Bertz CT molecular complexity index is 2120. The minimum atomic E-state index is -4.18. The number of rotatable bonds is 33. The van der Waals surface area contributed by atoms with E-state index in [-0.39, 0.29) is 63.7 Å². The second-order valence-electron chi connectivity index (χ2n) is 21.5. The van der Waals surface area contributed by atoms with Gasteiger partial charge in [-0.15, -0.1) is 0 Å². The van der Waals surface area contributed by atoms with E-state index in [1.165, 1.54) is 34.7 Å². The molecular formula is C54H90N10O6S. The topological polar surface area (TPSA) is 219 Å². The molecular weight excluding hydrogens is 917 g/mol. The summed E-state index contributed by atoms with van der Waals surface area (Å²) in [5.41, 5.74) is 7.40. The van der Waals surface area contributed by atoms with Crippen LogP contribution in [0.1, 0.15) is 113 Å². The standard InChI is InChI=1S/C54H90N10O6S/c1-38(2)45(61-36-48(53(6,7)8)63(12)37-47(56-11)54(9,10)41-21-16-15-17-22-41)33-40(5)51(67)62-71(69,70)44-26-24-42(25-27-44)59-34-43(23-20-31-58-52(55)68)60-35-46(39(3)4)57-30-18-13-14-19-32-64-49(65)28-29-50(64)66/h15-17,21-22,24-29,33,38-39,43,45-48,56-57,59-61H,13-14,18-20,23,30-32,34-37H2,1-12H3,(H,62,67)(H3,55,58,68)/b40-33+/t43-,45+,46+,47+,48+/m0/s1. The number of unbranched alkanes of at least 4 members (excludes halogenated alkanes) is 3. The average Bonchev–Trinajstić information content (AvgIpc) is 3.63. The van der Waals surface area contributed by atoms with Crippen LogP contribution in [0, 0.1) is 17.3 Å². The largest absolute Gasteiger partial charge is 0.383 e. The molecule has 0 saturated heterocycles. The molecule has 1 aliphatic rings. The minimum Gasteiger partial charge on any atom is -0.383 e. The summed E-state index contributed by atoms with van der Waals surface area (Å²) in [6.07, 6.45) is 9.58. The molecule has 398 valence electrons. The summed E-state index contributed by atoms with van der Waals surface area (Å²) in [5.74, 6) is -0.675. The monoisotopic (exact) mass is 1010 g/mol. The van der Waals surface area contributed by atoms with Crippen LogP contribution in [0.5, 0.6) is 0 Å². The third-order valence-corrected chi connectivity index (χ3v) is 15.2. The van der Waals surface area contributed by atoms with Crippen LogP contribution < -0.4 is 42.4 Å². The van der Waals surface area contributed by atoms with Gasteiger partial charge in [-0.05, 0) is 100 Å². The molecule has 17 heteroatoms. The van der Waals surface area contributed by atoms with Crippen LogP contribution in [0.2, 0.25) is 0 Å². The van der Waals surface area contributed by atoms with E-state index < -0.39 is 22.0 Å². The van der Waals surface area contributed by atoms with Gasteiger partial charge >= 0.3 is 6.03 Å². The zero-order valence-electron chi connectivity index (χ0n) is 45.0. The lowest BCUT2D eigenvalue weighted by molar-refractivity contribution is -0.136. The highest BCUT2D eigenvalue weighted by molar-refractivity contribution is 7.90. The van der Waals surface area contributed by atoms with Crippen molar-refractivity contribution in [2.24, 2.45) is 23.0 Å². The van der Waals surface area contributed by atoms with Crippen molar-refractivity contribution in [3.63, 3.8) is 0 Å². The van der Waals surface area contributed by atoms with E-state index in [1.807, 2.05) is 19.2 Å². The maximum Gasteiger partial charge on any atom is 0.312 e. The Morgan fingerprint density at radius 3 is 2.00 bits per heavy atom. The van der Waals surface area contributed by atoms with Crippen molar-refractivity contribution in [2.75, 3.05) is 65.2 Å². The van der Waals surface area contributed by atoms with E-state index in [0.717, 1.165) is 45.2 Å². The molecule has 2 aromatic carbocycles. The number of amides is 5. The fourth-order valence-corrected chi connectivity index (χ4v) is 10.0. The number of likely N-dealkylation sites (N-methyl/N-ethyl adjacent to an activating group) is 2. The maximum atomic E-state index is 13.5. The predicted molar refractivity (Wildman–Crippen MR) is 288 cm³/mol. The molecule has 0 saturated carbocycles. The van der Waals surface area contributed by atoms with Crippen LogP contribution in [0.15, 0.2) is 83.3 Å². The molecule has 5 amide bonds. The van der Waals surface area contributed by atoms with Crippen LogP contribution >= 0.6 is 0 Å². The number of carbonyl (C=O) groups is 4. The second kappa shape index (κ2) is 29.2. The van der Waals surface area contributed by atoms with E-state index in [9.17, 15) is 27.6 Å². The number of imide groups is 1. The quantitative estimate of drug-likeness (QED) is 0.0239. The fraction of sp³-hybridized carbons (Fsp3) is 0.630. The highest BCUT2D eigenvalue weighted by Gasteiger charge is 2.36. The van der Waals surface area contributed by atoms with Gasteiger partial charge in [0.2, 0.25) is 0 Å². The molecule has 3 rings (SSSR count). The number of nitrogens with zero attached hydrogens (tertiary/aromatic N) is 2. The molecule has 1 heterocycles. The van der Waals surface area contributed by atoms with Gasteiger partial charge in [-0.3, -0.25) is 19.3 Å². The molecule has 0 aliphatic carbocycles. The molecule has 2 aromatic rings. The van der Waals surface area contributed by atoms with Crippen LogP contribution in [0.25, 0.3) is 0 Å². The first-order chi connectivity index (χ1) is 33.4.